The summed E-state index contributed by atoms with van der Waals surface area (Å²) in [5.41, 5.74) is 0.929. The van der Waals surface area contributed by atoms with Gasteiger partial charge in [0, 0.05) is 40.0 Å². The Hall–Kier alpha value is -8.49. The van der Waals surface area contributed by atoms with Gasteiger partial charge in [-0.15, -0.1) is 0 Å². The first-order chi connectivity index (χ1) is 29.3. The molecule has 0 aliphatic heterocycles. The van der Waals surface area contributed by atoms with Crippen molar-refractivity contribution in [2.24, 2.45) is 0 Å². The molecule has 0 aliphatic rings. The van der Waals surface area contributed by atoms with Crippen LogP contribution in [0.4, 0.5) is 17.6 Å². The van der Waals surface area contributed by atoms with Crippen LogP contribution in [0.15, 0.2) is 147 Å². The molecule has 0 saturated carbocycles. The summed E-state index contributed by atoms with van der Waals surface area (Å²) in [4.78, 5) is 60.5. The molecule has 0 fully saturated rings. The second-order valence-corrected chi connectivity index (χ2v) is 12.5. The van der Waals surface area contributed by atoms with Crippen LogP contribution in [0, 0.1) is 23.7 Å². The van der Waals surface area contributed by atoms with Crippen molar-refractivity contribution in [1.82, 2.24) is 0 Å². The highest BCUT2D eigenvalue weighted by atomic mass is 19.4. The highest BCUT2D eigenvalue weighted by molar-refractivity contribution is 5.93. The van der Waals surface area contributed by atoms with Crippen molar-refractivity contribution in [1.29, 1.82) is 0 Å². The minimum atomic E-state index is -4.97. The van der Waals surface area contributed by atoms with Gasteiger partial charge >= 0.3 is 36.0 Å². The summed E-state index contributed by atoms with van der Waals surface area (Å²) in [7, 11) is 0. The summed E-state index contributed by atoms with van der Waals surface area (Å²) >= 11 is 0. The number of alkyl halides is 3. The van der Waals surface area contributed by atoms with Crippen molar-refractivity contribution in [2.75, 3.05) is 0 Å². The van der Waals surface area contributed by atoms with E-state index in [0.717, 1.165) is 12.3 Å². The van der Waals surface area contributed by atoms with Gasteiger partial charge in [0.2, 0.25) is 5.83 Å². The third-order valence-corrected chi connectivity index (χ3v) is 7.81. The summed E-state index contributed by atoms with van der Waals surface area (Å²) in [6.45, 7) is 15.8. The quantitative estimate of drug-likeness (QED) is 0.0340. The molecule has 0 aromatic heterocycles. The van der Waals surface area contributed by atoms with Gasteiger partial charge < -0.3 is 23.7 Å². The van der Waals surface area contributed by atoms with Gasteiger partial charge in [-0.25, -0.2) is 24.0 Å². The molecule has 4 aromatic carbocycles. The first-order valence-electron chi connectivity index (χ1n) is 17.7. The summed E-state index contributed by atoms with van der Waals surface area (Å²) in [5, 5.41) is 0. The van der Waals surface area contributed by atoms with Gasteiger partial charge in [0.05, 0.1) is 11.8 Å². The zero-order valence-electron chi connectivity index (χ0n) is 32.8. The van der Waals surface area contributed by atoms with E-state index in [9.17, 15) is 41.5 Å². The number of halogens is 4. The number of benzene rings is 4. The van der Waals surface area contributed by atoms with Crippen LogP contribution in [0.2, 0.25) is 0 Å². The lowest BCUT2D eigenvalue weighted by molar-refractivity contribution is -0.142. The Balaban J connectivity index is 1.60. The van der Waals surface area contributed by atoms with E-state index in [-0.39, 0.29) is 39.5 Å². The van der Waals surface area contributed by atoms with Crippen molar-refractivity contribution in [3.05, 3.63) is 180 Å². The molecule has 14 heteroatoms. The smallest absolute Gasteiger partial charge is 0.422 e. The molecular formula is C48H32F4O10. The first kappa shape index (κ1) is 46.2. The predicted molar refractivity (Wildman–Crippen MR) is 219 cm³/mol. The van der Waals surface area contributed by atoms with Gasteiger partial charge in [0.25, 0.3) is 0 Å². The zero-order chi connectivity index (χ0) is 45.6. The van der Waals surface area contributed by atoms with Crippen LogP contribution in [0.5, 0.6) is 23.0 Å². The van der Waals surface area contributed by atoms with Crippen molar-refractivity contribution >= 4 is 41.5 Å². The number of ether oxygens (including phenoxy) is 5. The van der Waals surface area contributed by atoms with Crippen LogP contribution in [-0.4, -0.2) is 36.0 Å². The SMILES string of the molecule is C=CC(=O)Oc1c(C#Cc2ccc(OC(=O)C(=C)C(F)(F)F)cc2)ccc(C#Cc2ccc(OC(=O)/C=C(\C)c3ccc(OC(=O)C(=C)C)cc3)cc2)c1/C=C/OC(=O)C(=C)F. The highest BCUT2D eigenvalue weighted by Crippen LogP contribution is 2.30. The third kappa shape index (κ3) is 13.5. The fourth-order valence-corrected chi connectivity index (χ4v) is 4.61. The minimum Gasteiger partial charge on any atom is -0.429 e. The molecule has 0 bridgehead atoms. The van der Waals surface area contributed by atoms with Gasteiger partial charge in [0.1, 0.15) is 22.8 Å². The van der Waals surface area contributed by atoms with E-state index in [1.165, 1.54) is 67.6 Å². The maximum absolute atomic E-state index is 13.3. The molecule has 0 radical (unpaired) electrons. The first-order valence-corrected chi connectivity index (χ1v) is 17.7. The third-order valence-electron chi connectivity index (χ3n) is 7.81. The normalized spacial score (nSPS) is 10.8. The Labute approximate surface area is 352 Å². The van der Waals surface area contributed by atoms with Crippen molar-refractivity contribution in [3.63, 3.8) is 0 Å². The number of hydrogen-bond acceptors (Lipinski definition) is 10. The molecule has 4 rings (SSSR count). The summed E-state index contributed by atoms with van der Waals surface area (Å²) in [5.74, 6) is 4.99. The van der Waals surface area contributed by atoms with Crippen molar-refractivity contribution < 1.29 is 65.2 Å². The van der Waals surface area contributed by atoms with Gasteiger partial charge in [0.15, 0.2) is 5.75 Å². The lowest BCUT2D eigenvalue weighted by Crippen LogP contribution is -2.23. The number of carbonyl (C=O) groups is 5. The molecule has 10 nitrogen and oxygen atoms in total. The average molecular weight is 845 g/mol. The maximum atomic E-state index is 13.3. The van der Waals surface area contributed by atoms with Crippen LogP contribution in [0.25, 0.3) is 11.6 Å². The van der Waals surface area contributed by atoms with E-state index in [2.05, 4.69) is 50.0 Å². The average Bonchev–Trinajstić information content (AvgIpc) is 3.23. The maximum Gasteiger partial charge on any atom is 0.422 e. The standard InChI is InChI=1S/C48H32F4O10/c1-7-42(53)62-44-37(15-9-34-12-22-39(23-13-34)61-46(56)31(5)48(50,51)52)17-16-36(41(44)26-27-58-47(57)32(6)49)14-8-33-10-20-38(21-11-33)59-43(54)28-30(4)35-18-24-40(25-19-35)60-45(55)29(2)3/h7,10-13,16-28H,1-2,5-6H2,3-4H3/b27-26+,30-28+. The second kappa shape index (κ2) is 21.0. The number of hydrogen-bond donors (Lipinski definition) is 0. The molecule has 312 valence electrons. The molecule has 0 aliphatic carbocycles. The topological polar surface area (TPSA) is 132 Å². The molecule has 0 heterocycles. The monoisotopic (exact) mass is 844 g/mol. The molecule has 0 amide bonds. The van der Waals surface area contributed by atoms with Crippen LogP contribution in [0.1, 0.15) is 47.2 Å². The minimum absolute atomic E-state index is 0.0548. The highest BCUT2D eigenvalue weighted by Gasteiger charge is 2.38. The molecule has 0 atom stereocenters. The van der Waals surface area contributed by atoms with Crippen molar-refractivity contribution in [3.8, 4) is 46.7 Å². The van der Waals surface area contributed by atoms with E-state index in [1.54, 1.807) is 43.3 Å². The lowest BCUT2D eigenvalue weighted by Gasteiger charge is -2.11. The van der Waals surface area contributed by atoms with Crippen LogP contribution in [-0.2, 0) is 28.7 Å². The molecular weight excluding hydrogens is 813 g/mol. The predicted octanol–water partition coefficient (Wildman–Crippen LogP) is 9.09. The molecule has 0 spiro atoms. The number of allylic oxidation sites excluding steroid dienone is 1. The zero-order valence-corrected chi connectivity index (χ0v) is 32.8. The Morgan fingerprint density at radius 3 is 1.63 bits per heavy atom. The number of rotatable bonds is 12. The van der Waals surface area contributed by atoms with E-state index in [0.29, 0.717) is 28.0 Å². The summed E-state index contributed by atoms with van der Waals surface area (Å²) in [6, 6.07) is 20.7. The molecule has 0 saturated heterocycles. The number of carbonyl (C=O) groups excluding carboxylic acids is 5. The number of esters is 5. The van der Waals surface area contributed by atoms with Crippen LogP contribution < -0.4 is 18.9 Å². The van der Waals surface area contributed by atoms with E-state index < -0.39 is 47.4 Å². The Kier molecular flexibility index (Phi) is 15.6. The Bertz CT molecular complexity index is 2660. The van der Waals surface area contributed by atoms with E-state index in [4.69, 9.17) is 23.7 Å². The van der Waals surface area contributed by atoms with Gasteiger partial charge in [-0.3, -0.25) is 0 Å². The molecule has 0 N–H and O–H groups in total. The van der Waals surface area contributed by atoms with Crippen LogP contribution >= 0.6 is 0 Å². The molecule has 0 unspecified atom stereocenters. The van der Waals surface area contributed by atoms with E-state index >= 15 is 0 Å². The Morgan fingerprint density at radius 2 is 1.11 bits per heavy atom. The van der Waals surface area contributed by atoms with Crippen LogP contribution in [0.3, 0.4) is 0 Å². The van der Waals surface area contributed by atoms with Gasteiger partial charge in [-0.2, -0.15) is 17.6 Å². The van der Waals surface area contributed by atoms with Gasteiger partial charge in [-0.1, -0.05) is 62.1 Å². The lowest BCUT2D eigenvalue weighted by atomic mass is 10.0. The summed E-state index contributed by atoms with van der Waals surface area (Å²) in [6.07, 6.45) is -0.815. The molecule has 62 heavy (non-hydrogen) atoms. The van der Waals surface area contributed by atoms with Crippen molar-refractivity contribution in [2.45, 2.75) is 20.0 Å². The molecule has 4 aromatic rings. The van der Waals surface area contributed by atoms with Gasteiger partial charge in [-0.05, 0) is 104 Å². The van der Waals surface area contributed by atoms with E-state index in [1.807, 2.05) is 0 Å². The Morgan fingerprint density at radius 1 is 0.613 bits per heavy atom. The largest absolute Gasteiger partial charge is 0.429 e. The summed E-state index contributed by atoms with van der Waals surface area (Å²) < 4.78 is 77.4. The fourth-order valence-electron chi connectivity index (χ4n) is 4.61. The fraction of sp³-hybridized carbons (Fsp3) is 0.0625. The second-order valence-electron chi connectivity index (χ2n) is 12.5.